The van der Waals surface area contributed by atoms with Gasteiger partial charge in [-0.3, -0.25) is 18.6 Å². The predicted octanol–water partition coefficient (Wildman–Crippen LogP) is 11.9. The van der Waals surface area contributed by atoms with Crippen molar-refractivity contribution >= 4 is 19.8 Å². The minimum atomic E-state index is -4.63. The molecule has 0 bridgehead atoms. The second kappa shape index (κ2) is 41.8. The van der Waals surface area contributed by atoms with Crippen LogP contribution in [0, 0.1) is 0 Å². The number of hydrogen-bond acceptors (Lipinski definition) is 9. The molecule has 0 fully saturated rings. The summed E-state index contributed by atoms with van der Waals surface area (Å²) in [6, 6.07) is 0. The lowest BCUT2D eigenvalue weighted by Crippen LogP contribution is -2.29. The second-order valence-electron chi connectivity index (χ2n) is 14.7. The van der Waals surface area contributed by atoms with Crippen LogP contribution in [0.5, 0.6) is 0 Å². The molecule has 0 amide bonds. The number of phosphoric ester groups is 1. The van der Waals surface area contributed by atoms with E-state index < -0.39 is 51.8 Å². The maximum atomic E-state index is 12.6. The van der Waals surface area contributed by atoms with Gasteiger partial charge < -0.3 is 24.6 Å². The molecular weight excluding hydrogens is 743 g/mol. The third kappa shape index (κ3) is 41.6. The van der Waals surface area contributed by atoms with Gasteiger partial charge in [0.25, 0.3) is 0 Å². The molecule has 3 N–H and O–H groups in total. The summed E-state index contributed by atoms with van der Waals surface area (Å²) in [5.74, 6) is -0.968. The molecule has 0 aliphatic carbocycles. The number of carbonyl (C=O) groups is 2. The van der Waals surface area contributed by atoms with Gasteiger partial charge in [0.05, 0.1) is 19.8 Å². The van der Waals surface area contributed by atoms with Crippen LogP contribution in [0.1, 0.15) is 181 Å². The van der Waals surface area contributed by atoms with E-state index in [0.29, 0.717) is 12.8 Å². The first kappa shape index (κ1) is 54.7. The van der Waals surface area contributed by atoms with Gasteiger partial charge in [0, 0.05) is 12.8 Å². The molecule has 0 saturated carbocycles. The van der Waals surface area contributed by atoms with Crippen molar-refractivity contribution in [1.82, 2.24) is 0 Å². The summed E-state index contributed by atoms with van der Waals surface area (Å²) in [6.45, 7) is 2.29. The van der Waals surface area contributed by atoms with Gasteiger partial charge in [0.15, 0.2) is 6.10 Å². The number of phosphoric acid groups is 1. The Kier molecular flexibility index (Phi) is 40.1. The van der Waals surface area contributed by atoms with Crippen molar-refractivity contribution in [2.45, 2.75) is 193 Å². The molecule has 11 heteroatoms. The zero-order valence-corrected chi connectivity index (χ0v) is 36.7. The zero-order valence-electron chi connectivity index (χ0n) is 35.8. The van der Waals surface area contributed by atoms with Crippen LogP contribution in [0.25, 0.3) is 0 Å². The highest BCUT2D eigenvalue weighted by atomic mass is 31.2. The van der Waals surface area contributed by atoms with Crippen LogP contribution in [0.15, 0.2) is 60.8 Å². The lowest BCUT2D eigenvalue weighted by Gasteiger charge is -2.20. The van der Waals surface area contributed by atoms with E-state index in [1.54, 1.807) is 0 Å². The number of hydrogen-bond donors (Lipinski definition) is 3. The molecule has 3 atom stereocenters. The molecule has 1 unspecified atom stereocenters. The average molecular weight is 825 g/mol. The molecule has 0 radical (unpaired) electrons. The largest absolute Gasteiger partial charge is 0.472 e. The third-order valence-electron chi connectivity index (χ3n) is 9.14. The first-order valence-electron chi connectivity index (χ1n) is 22.2. The third-order valence-corrected chi connectivity index (χ3v) is 10.1. The SMILES string of the molecule is CCCCC/C=C/C/C=C/C/C=C/C/C=C/CCCCCC(=O)O[C@H](COC(=O)CCCCCCCCC/C=C/CCCCCC)COP(=O)(O)OC[C@@H](O)CO. The number of allylic oxidation sites excluding steroid dienone is 10. The quantitative estimate of drug-likeness (QED) is 0.0235. The van der Waals surface area contributed by atoms with Gasteiger partial charge in [-0.05, 0) is 83.5 Å². The Morgan fingerprint density at radius 3 is 1.44 bits per heavy atom. The van der Waals surface area contributed by atoms with Crippen molar-refractivity contribution in [1.29, 1.82) is 0 Å². The summed E-state index contributed by atoms with van der Waals surface area (Å²) in [5, 5.41) is 18.3. The normalized spacial score (nSPS) is 14.4. The maximum absolute atomic E-state index is 12.6. The minimum absolute atomic E-state index is 0.144. The highest BCUT2D eigenvalue weighted by molar-refractivity contribution is 7.47. The fourth-order valence-electron chi connectivity index (χ4n) is 5.68. The molecule has 0 aromatic heterocycles. The molecule has 0 aromatic carbocycles. The minimum Gasteiger partial charge on any atom is -0.462 e. The Labute approximate surface area is 346 Å². The van der Waals surface area contributed by atoms with Crippen LogP contribution >= 0.6 is 7.82 Å². The number of aliphatic hydroxyl groups excluding tert-OH is 2. The molecule has 0 saturated heterocycles. The molecule has 0 spiro atoms. The van der Waals surface area contributed by atoms with Crippen molar-refractivity contribution in [2.24, 2.45) is 0 Å². The van der Waals surface area contributed by atoms with Gasteiger partial charge >= 0.3 is 19.8 Å². The summed E-state index contributed by atoms with van der Waals surface area (Å²) in [5.41, 5.74) is 0. The van der Waals surface area contributed by atoms with Crippen LogP contribution in [-0.2, 0) is 32.7 Å². The van der Waals surface area contributed by atoms with Crippen molar-refractivity contribution < 1.29 is 47.8 Å². The summed E-state index contributed by atoms with van der Waals surface area (Å²) in [4.78, 5) is 35.0. The Bertz CT molecular complexity index is 1130. The average Bonchev–Trinajstić information content (AvgIpc) is 3.20. The second-order valence-corrected chi connectivity index (χ2v) is 16.2. The summed E-state index contributed by atoms with van der Waals surface area (Å²) in [7, 11) is -4.63. The summed E-state index contributed by atoms with van der Waals surface area (Å²) < 4.78 is 32.7. The highest BCUT2D eigenvalue weighted by Crippen LogP contribution is 2.43. The summed E-state index contributed by atoms with van der Waals surface area (Å²) >= 11 is 0. The Morgan fingerprint density at radius 1 is 0.526 bits per heavy atom. The molecule has 0 rings (SSSR count). The smallest absolute Gasteiger partial charge is 0.462 e. The van der Waals surface area contributed by atoms with E-state index in [1.165, 1.54) is 77.0 Å². The molecule has 57 heavy (non-hydrogen) atoms. The van der Waals surface area contributed by atoms with E-state index in [0.717, 1.165) is 64.2 Å². The van der Waals surface area contributed by atoms with E-state index in [1.807, 2.05) is 0 Å². The predicted molar refractivity (Wildman–Crippen MR) is 233 cm³/mol. The van der Waals surface area contributed by atoms with E-state index >= 15 is 0 Å². The fourth-order valence-corrected chi connectivity index (χ4v) is 6.47. The number of ether oxygens (including phenoxy) is 2. The Balaban J connectivity index is 4.37. The molecule has 330 valence electrons. The van der Waals surface area contributed by atoms with E-state index in [-0.39, 0.29) is 19.4 Å². The monoisotopic (exact) mass is 825 g/mol. The molecule has 0 aromatic rings. The summed E-state index contributed by atoms with van der Waals surface area (Å²) in [6.07, 6.45) is 46.1. The van der Waals surface area contributed by atoms with E-state index in [2.05, 4.69) is 79.1 Å². The lowest BCUT2D eigenvalue weighted by molar-refractivity contribution is -0.161. The molecule has 0 aliphatic heterocycles. The number of rotatable bonds is 41. The van der Waals surface area contributed by atoms with Gasteiger partial charge in [-0.1, -0.05) is 145 Å². The van der Waals surface area contributed by atoms with Crippen LogP contribution < -0.4 is 0 Å². The number of esters is 2. The van der Waals surface area contributed by atoms with Crippen molar-refractivity contribution in [2.75, 3.05) is 26.4 Å². The highest BCUT2D eigenvalue weighted by Gasteiger charge is 2.27. The van der Waals surface area contributed by atoms with Gasteiger partial charge in [-0.25, -0.2) is 4.57 Å². The van der Waals surface area contributed by atoms with Crippen LogP contribution in [0.2, 0.25) is 0 Å². The Hall–Kier alpha value is -2.33. The number of carbonyl (C=O) groups excluding carboxylic acids is 2. The van der Waals surface area contributed by atoms with E-state index in [4.69, 9.17) is 19.1 Å². The van der Waals surface area contributed by atoms with Crippen LogP contribution in [-0.4, -0.2) is 65.7 Å². The van der Waals surface area contributed by atoms with Gasteiger partial charge in [0.1, 0.15) is 12.7 Å². The molecule has 0 heterocycles. The zero-order chi connectivity index (χ0) is 41.9. The standard InChI is InChI=1S/C46H81O10P/c1-3-5-7-9-11-13-15-17-19-20-21-22-24-26-28-30-32-34-36-38-46(50)56-44(42-55-57(51,52)54-40-43(48)39-47)41-53-45(49)37-35-33-31-29-27-25-23-18-16-14-12-10-8-6-4-2/h11,13-14,16-17,19,21-22,26,28,43-44,47-48H,3-10,12,15,18,20,23-25,27,29-42H2,1-2H3,(H,51,52)/b13-11+,16-14+,19-17+,22-21+,28-26+/t43-,44+/m0/s1. The molecule has 10 nitrogen and oxygen atoms in total. The topological polar surface area (TPSA) is 149 Å². The van der Waals surface area contributed by atoms with Crippen molar-refractivity contribution in [3.63, 3.8) is 0 Å². The Morgan fingerprint density at radius 2 is 0.912 bits per heavy atom. The fraction of sp³-hybridized carbons (Fsp3) is 0.739. The van der Waals surface area contributed by atoms with E-state index in [9.17, 15) is 24.2 Å². The van der Waals surface area contributed by atoms with Gasteiger partial charge in [-0.2, -0.15) is 0 Å². The number of unbranched alkanes of at least 4 members (excludes halogenated alkanes) is 17. The van der Waals surface area contributed by atoms with Gasteiger partial charge in [0.2, 0.25) is 0 Å². The first-order chi connectivity index (χ1) is 27.7. The first-order valence-corrected chi connectivity index (χ1v) is 23.7. The van der Waals surface area contributed by atoms with Crippen LogP contribution in [0.4, 0.5) is 0 Å². The van der Waals surface area contributed by atoms with Crippen molar-refractivity contribution in [3.8, 4) is 0 Å². The molecule has 0 aliphatic rings. The van der Waals surface area contributed by atoms with Crippen molar-refractivity contribution in [3.05, 3.63) is 60.8 Å². The lowest BCUT2D eigenvalue weighted by atomic mass is 10.1. The van der Waals surface area contributed by atoms with Crippen LogP contribution in [0.3, 0.4) is 0 Å². The molecular formula is C46H81O10P. The van der Waals surface area contributed by atoms with Gasteiger partial charge in [-0.15, -0.1) is 0 Å². The maximum Gasteiger partial charge on any atom is 0.472 e. The number of aliphatic hydroxyl groups is 2.